The summed E-state index contributed by atoms with van der Waals surface area (Å²) in [6.45, 7) is 6.83. The number of hydrogen-bond acceptors (Lipinski definition) is 5. The van der Waals surface area contributed by atoms with Crippen LogP contribution in [0.4, 0.5) is 0 Å². The Hall–Kier alpha value is -0.135. The topological polar surface area (TPSA) is 46.2 Å². The van der Waals surface area contributed by atoms with Gasteiger partial charge >= 0.3 is 7.69 Å². The van der Waals surface area contributed by atoms with Crippen LogP contribution in [0.15, 0.2) is 0 Å². The minimum absolute atomic E-state index is 0.149. The van der Waals surface area contributed by atoms with Crippen LogP contribution in [-0.4, -0.2) is 58.5 Å². The molecule has 0 aromatic rings. The van der Waals surface area contributed by atoms with Crippen LogP contribution >= 0.6 is 0 Å². The van der Waals surface area contributed by atoms with E-state index in [0.29, 0.717) is 34.1 Å². The van der Waals surface area contributed by atoms with E-state index in [9.17, 15) is 0 Å². The first-order chi connectivity index (χ1) is 9.72. The van der Waals surface area contributed by atoms with Crippen LogP contribution in [0.25, 0.3) is 0 Å². The van der Waals surface area contributed by atoms with Crippen molar-refractivity contribution >= 4 is 7.69 Å². The van der Waals surface area contributed by atoms with E-state index in [4.69, 9.17) is 23.5 Å². The molecule has 0 N–H and O–H groups in total. The minimum atomic E-state index is -0.149. The molecule has 0 radical (unpaired) electrons. The van der Waals surface area contributed by atoms with Gasteiger partial charge in [-0.25, -0.2) is 0 Å². The van der Waals surface area contributed by atoms with Crippen LogP contribution in [0.3, 0.4) is 0 Å². The lowest BCUT2D eigenvalue weighted by Crippen LogP contribution is -2.46. The Morgan fingerprint density at radius 2 is 1.60 bits per heavy atom. The minimum Gasteiger partial charge on any atom is -0.405 e. The number of methoxy groups -OCH3 is 1. The maximum absolute atomic E-state index is 5.95. The first-order valence-corrected chi connectivity index (χ1v) is 7.68. The monoisotopic (exact) mass is 286 g/mol. The fourth-order valence-corrected chi connectivity index (χ4v) is 3.59. The Morgan fingerprint density at radius 1 is 1.00 bits per heavy atom. The van der Waals surface area contributed by atoms with Gasteiger partial charge in [-0.2, -0.15) is 0 Å². The average molecular weight is 286 g/mol. The van der Waals surface area contributed by atoms with Crippen LogP contribution in [0, 0.1) is 0 Å². The molecule has 2 fully saturated rings. The fourth-order valence-electron chi connectivity index (χ4n) is 3.59. The van der Waals surface area contributed by atoms with Crippen molar-refractivity contribution < 1.29 is 23.5 Å². The summed E-state index contributed by atoms with van der Waals surface area (Å²) in [7, 11) is 2.10. The highest BCUT2D eigenvalue weighted by Gasteiger charge is 2.61. The molecule has 1 heterocycles. The summed E-state index contributed by atoms with van der Waals surface area (Å²) in [4.78, 5) is 0. The van der Waals surface area contributed by atoms with Crippen molar-refractivity contribution in [2.75, 3.05) is 33.5 Å². The van der Waals surface area contributed by atoms with Crippen molar-refractivity contribution in [1.82, 2.24) is 0 Å². The van der Waals surface area contributed by atoms with Gasteiger partial charge in [0.2, 0.25) is 0 Å². The van der Waals surface area contributed by atoms with Crippen molar-refractivity contribution in [3.8, 4) is 0 Å². The van der Waals surface area contributed by atoms with Crippen molar-refractivity contribution in [3.05, 3.63) is 0 Å². The first-order valence-electron chi connectivity index (χ1n) is 7.68. The van der Waals surface area contributed by atoms with Crippen LogP contribution in [0.5, 0.6) is 0 Å². The van der Waals surface area contributed by atoms with E-state index in [1.165, 1.54) is 0 Å². The van der Waals surface area contributed by atoms with E-state index in [0.717, 1.165) is 25.7 Å². The Kier molecular flexibility index (Phi) is 5.87. The SMILES string of the molecule is CC[C@@]12CC(OCCOCCOC)C[C@]1(CC)OBO2. The molecule has 1 aliphatic carbocycles. The maximum atomic E-state index is 5.95. The molecule has 3 atom stereocenters. The lowest BCUT2D eigenvalue weighted by Gasteiger charge is -2.37. The lowest BCUT2D eigenvalue weighted by molar-refractivity contribution is -0.0281. The molecule has 6 heteroatoms. The summed E-state index contributed by atoms with van der Waals surface area (Å²) >= 11 is 0. The summed E-state index contributed by atoms with van der Waals surface area (Å²) in [5, 5.41) is 0. The van der Waals surface area contributed by atoms with Gasteiger partial charge in [0.05, 0.1) is 43.7 Å². The summed E-state index contributed by atoms with van der Waals surface area (Å²) in [6.07, 6.45) is 4.02. The molecule has 0 aromatic heterocycles. The molecule has 20 heavy (non-hydrogen) atoms. The van der Waals surface area contributed by atoms with Gasteiger partial charge in [0.1, 0.15) is 0 Å². The predicted octanol–water partition coefficient (Wildman–Crippen LogP) is 1.44. The standard InChI is InChI=1S/C14H27BO5/c1-4-13-10-12(18-9-8-17-7-6-16-3)11-14(13,5-2)20-15-19-13/h12,15H,4-11H2,1-3H3/t12?,13-,14+. The van der Waals surface area contributed by atoms with E-state index in [-0.39, 0.29) is 17.3 Å². The third kappa shape index (κ3) is 3.04. The molecule has 1 saturated heterocycles. The number of ether oxygens (including phenoxy) is 3. The van der Waals surface area contributed by atoms with Crippen LogP contribution < -0.4 is 0 Å². The van der Waals surface area contributed by atoms with Gasteiger partial charge in [-0.1, -0.05) is 13.8 Å². The second kappa shape index (κ2) is 7.23. The Morgan fingerprint density at radius 3 is 2.15 bits per heavy atom. The van der Waals surface area contributed by atoms with E-state index < -0.39 is 0 Å². The molecule has 0 bridgehead atoms. The molecular weight excluding hydrogens is 259 g/mol. The van der Waals surface area contributed by atoms with Crippen molar-refractivity contribution in [2.24, 2.45) is 0 Å². The number of rotatable bonds is 9. The van der Waals surface area contributed by atoms with E-state index in [1.807, 2.05) is 0 Å². The maximum Gasteiger partial charge on any atom is 0.439 e. The highest BCUT2D eigenvalue weighted by Crippen LogP contribution is 2.52. The molecule has 1 aliphatic heterocycles. The molecular formula is C14H27BO5. The van der Waals surface area contributed by atoms with Crippen LogP contribution in [0.2, 0.25) is 0 Å². The number of hydrogen-bond donors (Lipinski definition) is 0. The van der Waals surface area contributed by atoms with Gasteiger partial charge in [0.25, 0.3) is 0 Å². The first kappa shape index (κ1) is 16.2. The normalized spacial score (nSPS) is 36.0. The zero-order valence-electron chi connectivity index (χ0n) is 13.0. The van der Waals surface area contributed by atoms with Crippen molar-refractivity contribution in [1.29, 1.82) is 0 Å². The van der Waals surface area contributed by atoms with Gasteiger partial charge in [0, 0.05) is 20.0 Å². The van der Waals surface area contributed by atoms with E-state index in [1.54, 1.807) is 7.11 Å². The quantitative estimate of drug-likeness (QED) is 0.474. The average Bonchev–Trinajstić information content (AvgIpc) is 2.95. The Labute approximate surface area is 122 Å². The van der Waals surface area contributed by atoms with E-state index >= 15 is 0 Å². The molecule has 2 aliphatic rings. The van der Waals surface area contributed by atoms with Gasteiger partial charge in [-0.05, 0) is 12.8 Å². The summed E-state index contributed by atoms with van der Waals surface area (Å²) < 4.78 is 28.2. The third-order valence-electron chi connectivity index (χ3n) is 4.77. The van der Waals surface area contributed by atoms with Crippen LogP contribution in [-0.2, 0) is 23.5 Å². The Balaban J connectivity index is 1.76. The molecule has 5 nitrogen and oxygen atoms in total. The van der Waals surface area contributed by atoms with Gasteiger partial charge in [0.15, 0.2) is 0 Å². The molecule has 0 amide bonds. The lowest BCUT2D eigenvalue weighted by atomic mass is 9.82. The zero-order chi connectivity index (χ0) is 14.5. The zero-order valence-corrected chi connectivity index (χ0v) is 13.0. The Bertz CT molecular complexity index is 283. The summed E-state index contributed by atoms with van der Waals surface area (Å²) in [5.74, 6) is 0. The van der Waals surface area contributed by atoms with Crippen molar-refractivity contribution in [3.63, 3.8) is 0 Å². The molecule has 0 aromatic carbocycles. The highest BCUT2D eigenvalue weighted by molar-refractivity contribution is 6.19. The molecule has 1 unspecified atom stereocenters. The largest absolute Gasteiger partial charge is 0.439 e. The summed E-state index contributed by atoms with van der Waals surface area (Å²) in [6, 6.07) is 0. The number of fused-ring (bicyclic) bond motifs is 1. The predicted molar refractivity (Wildman–Crippen MR) is 77.0 cm³/mol. The smallest absolute Gasteiger partial charge is 0.405 e. The molecule has 116 valence electrons. The van der Waals surface area contributed by atoms with Crippen LogP contribution in [0.1, 0.15) is 39.5 Å². The fraction of sp³-hybridized carbons (Fsp3) is 1.00. The molecule has 0 spiro atoms. The van der Waals surface area contributed by atoms with Gasteiger partial charge < -0.3 is 23.5 Å². The third-order valence-corrected chi connectivity index (χ3v) is 4.77. The molecule has 1 saturated carbocycles. The van der Waals surface area contributed by atoms with Gasteiger partial charge in [-0.15, -0.1) is 0 Å². The van der Waals surface area contributed by atoms with Crippen molar-refractivity contribution in [2.45, 2.75) is 56.8 Å². The second-order valence-electron chi connectivity index (χ2n) is 5.61. The molecule has 2 rings (SSSR count). The van der Waals surface area contributed by atoms with Gasteiger partial charge in [-0.3, -0.25) is 0 Å². The summed E-state index contributed by atoms with van der Waals surface area (Å²) in [5.41, 5.74) is -0.299. The van der Waals surface area contributed by atoms with E-state index in [2.05, 4.69) is 13.8 Å². The highest BCUT2D eigenvalue weighted by atomic mass is 16.7. The second-order valence-corrected chi connectivity index (χ2v) is 5.61.